The molecule has 2 amide bonds. The van der Waals surface area contributed by atoms with Gasteiger partial charge in [0.2, 0.25) is 0 Å². The number of fused-ring (bicyclic) bond motifs is 1. The van der Waals surface area contributed by atoms with Gasteiger partial charge in [-0.15, -0.1) is 0 Å². The first kappa shape index (κ1) is 15.3. The summed E-state index contributed by atoms with van der Waals surface area (Å²) in [5, 5.41) is 2.00. The summed E-state index contributed by atoms with van der Waals surface area (Å²) in [7, 11) is 0. The van der Waals surface area contributed by atoms with Crippen LogP contribution in [0.3, 0.4) is 0 Å². The predicted octanol–water partition coefficient (Wildman–Crippen LogP) is 1.65. The Morgan fingerprint density at radius 1 is 1.13 bits per heavy atom. The highest BCUT2D eigenvalue weighted by Crippen LogP contribution is 2.29. The normalized spacial score (nSPS) is 13.2. The molecule has 0 saturated carbocycles. The molecule has 2 aromatic rings. The van der Waals surface area contributed by atoms with Crippen LogP contribution in [0.15, 0.2) is 21.4 Å². The lowest BCUT2D eigenvalue weighted by molar-refractivity contribution is 0.0880. The van der Waals surface area contributed by atoms with Crippen LogP contribution in [0, 0.1) is 18.6 Å². The van der Waals surface area contributed by atoms with Crippen molar-refractivity contribution in [2.45, 2.75) is 6.92 Å². The zero-order valence-corrected chi connectivity index (χ0v) is 13.1. The van der Waals surface area contributed by atoms with Crippen molar-refractivity contribution in [1.82, 2.24) is 9.88 Å². The summed E-state index contributed by atoms with van der Waals surface area (Å²) in [5.74, 6) is -3.74. The summed E-state index contributed by atoms with van der Waals surface area (Å²) in [6, 6.07) is 1.93. The Morgan fingerprint density at radius 3 is 2.43 bits per heavy atom. The minimum absolute atomic E-state index is 0.0706. The number of nitrogens with two attached hydrogens (primary N) is 1. The molecule has 0 spiro atoms. The van der Waals surface area contributed by atoms with E-state index in [0.717, 1.165) is 16.7 Å². The Bertz CT molecular complexity index is 969. The van der Waals surface area contributed by atoms with Gasteiger partial charge in [-0.2, -0.15) is 0 Å². The number of aromatic nitrogens is 1. The molecular formula is C14H8BrF2N3O3. The molecule has 118 valence electrons. The summed E-state index contributed by atoms with van der Waals surface area (Å²) in [6.45, 7) is 1.20. The number of nitrogens with zero attached hydrogens (tertiary/aromatic N) is 1. The lowest BCUT2D eigenvalue weighted by atomic mass is 10.1. The Hall–Kier alpha value is -2.55. The molecule has 6 nitrogen and oxygen atoms in total. The lowest BCUT2D eigenvalue weighted by Gasteiger charge is -2.14. The number of hydrogen-bond donors (Lipinski definition) is 2. The monoisotopic (exact) mass is 383 g/mol. The summed E-state index contributed by atoms with van der Waals surface area (Å²) in [6.07, 6.45) is 0. The number of halogens is 3. The van der Waals surface area contributed by atoms with Crippen LogP contribution in [-0.2, 0) is 0 Å². The topological polar surface area (TPSA) is 94.2 Å². The minimum Gasteiger partial charge on any atom is -0.384 e. The highest BCUT2D eigenvalue weighted by molar-refractivity contribution is 9.10. The number of imide groups is 1. The van der Waals surface area contributed by atoms with Gasteiger partial charge in [-0.25, -0.2) is 8.78 Å². The molecule has 0 radical (unpaired) electrons. The van der Waals surface area contributed by atoms with Gasteiger partial charge in [0, 0.05) is 11.6 Å². The second-order valence-electron chi connectivity index (χ2n) is 4.91. The number of amides is 2. The van der Waals surface area contributed by atoms with Gasteiger partial charge in [0.15, 0.2) is 5.82 Å². The molecule has 1 aliphatic heterocycles. The second-order valence-corrected chi connectivity index (χ2v) is 5.76. The summed E-state index contributed by atoms with van der Waals surface area (Å²) in [5.41, 5.74) is 3.95. The van der Waals surface area contributed by atoms with Crippen LogP contribution in [0.4, 0.5) is 14.6 Å². The first-order chi connectivity index (χ1) is 10.7. The van der Waals surface area contributed by atoms with E-state index in [1.807, 2.05) is 5.32 Å². The third-order valence-electron chi connectivity index (χ3n) is 3.55. The van der Waals surface area contributed by atoms with E-state index < -0.39 is 34.8 Å². The van der Waals surface area contributed by atoms with Gasteiger partial charge < -0.3 is 5.73 Å². The maximum absolute atomic E-state index is 14.4. The van der Waals surface area contributed by atoms with Gasteiger partial charge >= 0.3 is 0 Å². The molecular weight excluding hydrogens is 376 g/mol. The van der Waals surface area contributed by atoms with E-state index in [1.165, 1.54) is 6.92 Å². The molecule has 1 aromatic heterocycles. The van der Waals surface area contributed by atoms with Crippen LogP contribution in [0.1, 0.15) is 26.3 Å². The fourth-order valence-electron chi connectivity index (χ4n) is 2.40. The number of rotatable bonds is 1. The summed E-state index contributed by atoms with van der Waals surface area (Å²) in [4.78, 5) is 35.6. The summed E-state index contributed by atoms with van der Waals surface area (Å²) < 4.78 is 28.7. The van der Waals surface area contributed by atoms with Crippen molar-refractivity contribution in [2.75, 3.05) is 5.73 Å². The first-order valence-electron chi connectivity index (χ1n) is 6.29. The smallest absolute Gasteiger partial charge is 0.262 e. The quantitative estimate of drug-likeness (QED) is 0.578. The van der Waals surface area contributed by atoms with Gasteiger partial charge in [-0.3, -0.25) is 24.3 Å². The fourth-order valence-corrected chi connectivity index (χ4v) is 2.92. The van der Waals surface area contributed by atoms with E-state index in [0.29, 0.717) is 0 Å². The number of anilines is 1. The molecule has 0 fully saturated rings. The highest BCUT2D eigenvalue weighted by Gasteiger charge is 2.32. The number of pyridine rings is 1. The number of nitrogen functional groups attached to an aromatic ring is 1. The van der Waals surface area contributed by atoms with E-state index in [9.17, 15) is 23.2 Å². The molecule has 0 atom stereocenters. The fraction of sp³-hybridized carbons (Fsp3) is 0.0714. The van der Waals surface area contributed by atoms with Crippen molar-refractivity contribution in [3.8, 4) is 5.69 Å². The third-order valence-corrected chi connectivity index (χ3v) is 4.13. The number of benzene rings is 1. The third kappa shape index (κ3) is 2.07. The number of carbonyl (C=O) groups excluding carboxylic acids is 2. The molecule has 3 N–H and O–H groups in total. The predicted molar refractivity (Wildman–Crippen MR) is 80.6 cm³/mol. The van der Waals surface area contributed by atoms with Crippen LogP contribution in [-0.4, -0.2) is 16.4 Å². The molecule has 0 unspecified atom stereocenters. The van der Waals surface area contributed by atoms with Crippen LogP contribution >= 0.6 is 15.9 Å². The second kappa shape index (κ2) is 4.98. The van der Waals surface area contributed by atoms with Crippen molar-refractivity contribution in [3.63, 3.8) is 0 Å². The van der Waals surface area contributed by atoms with Crippen LogP contribution in [0.25, 0.3) is 5.69 Å². The van der Waals surface area contributed by atoms with Crippen LogP contribution < -0.4 is 16.6 Å². The Kier molecular flexibility index (Phi) is 3.33. The molecule has 23 heavy (non-hydrogen) atoms. The Balaban J connectivity index is 2.41. The minimum atomic E-state index is -0.996. The largest absolute Gasteiger partial charge is 0.384 e. The molecule has 1 aliphatic rings. The Morgan fingerprint density at radius 2 is 1.78 bits per heavy atom. The molecule has 0 bridgehead atoms. The van der Waals surface area contributed by atoms with Gasteiger partial charge in [0.05, 0.1) is 21.3 Å². The van der Waals surface area contributed by atoms with E-state index in [2.05, 4.69) is 15.9 Å². The van der Waals surface area contributed by atoms with Gasteiger partial charge in [0.25, 0.3) is 17.4 Å². The molecule has 2 heterocycles. The molecule has 0 saturated heterocycles. The average Bonchev–Trinajstić information content (AvgIpc) is 2.76. The number of carbonyl (C=O) groups is 2. The zero-order chi connectivity index (χ0) is 17.0. The van der Waals surface area contributed by atoms with Gasteiger partial charge in [-0.1, -0.05) is 0 Å². The SMILES string of the molecule is Cc1c(F)c(Br)cc(-n2c(N)c3c(cc2=O)C(=O)NC3=O)c1F. The molecule has 9 heteroatoms. The van der Waals surface area contributed by atoms with Crippen molar-refractivity contribution in [3.05, 3.63) is 55.3 Å². The van der Waals surface area contributed by atoms with Crippen molar-refractivity contribution >= 4 is 33.6 Å². The maximum atomic E-state index is 14.4. The van der Waals surface area contributed by atoms with E-state index in [4.69, 9.17) is 5.73 Å². The van der Waals surface area contributed by atoms with E-state index in [1.54, 1.807) is 0 Å². The van der Waals surface area contributed by atoms with Crippen molar-refractivity contribution in [2.24, 2.45) is 0 Å². The lowest BCUT2D eigenvalue weighted by Crippen LogP contribution is -2.25. The van der Waals surface area contributed by atoms with Gasteiger partial charge in [-0.05, 0) is 28.9 Å². The molecule has 0 aliphatic carbocycles. The first-order valence-corrected chi connectivity index (χ1v) is 7.09. The van der Waals surface area contributed by atoms with Crippen molar-refractivity contribution < 1.29 is 18.4 Å². The maximum Gasteiger partial charge on any atom is 0.262 e. The zero-order valence-electron chi connectivity index (χ0n) is 11.5. The average molecular weight is 384 g/mol. The number of hydrogen-bond acceptors (Lipinski definition) is 4. The van der Waals surface area contributed by atoms with Gasteiger partial charge in [0.1, 0.15) is 11.6 Å². The van der Waals surface area contributed by atoms with E-state index in [-0.39, 0.29) is 26.9 Å². The molecule has 1 aromatic carbocycles. The van der Waals surface area contributed by atoms with E-state index >= 15 is 0 Å². The molecule has 3 rings (SSSR count). The number of nitrogens with one attached hydrogen (secondary N) is 1. The van der Waals surface area contributed by atoms with Crippen LogP contribution in [0.2, 0.25) is 0 Å². The summed E-state index contributed by atoms with van der Waals surface area (Å²) >= 11 is 2.93. The van der Waals surface area contributed by atoms with Crippen molar-refractivity contribution in [1.29, 1.82) is 0 Å². The Labute approximate surface area is 136 Å². The highest BCUT2D eigenvalue weighted by atomic mass is 79.9. The standard InChI is InChI=1S/C14H8BrF2N3O3/c1-4-10(16)6(15)3-7(11(4)17)20-8(21)2-5-9(12(20)18)14(23)19-13(5)22/h2-3H,18H2,1H3,(H,19,22,23). The van der Waals surface area contributed by atoms with Crippen LogP contribution in [0.5, 0.6) is 0 Å².